The molecule has 0 spiro atoms. The van der Waals surface area contributed by atoms with Crippen molar-refractivity contribution in [3.05, 3.63) is 40.1 Å². The Kier molecular flexibility index (Phi) is 3.84. The van der Waals surface area contributed by atoms with Gasteiger partial charge in [0.05, 0.1) is 11.9 Å². The maximum absolute atomic E-state index is 12.3. The number of allylic oxidation sites excluding steroid dienone is 1. The van der Waals surface area contributed by atoms with Crippen molar-refractivity contribution < 1.29 is 13.2 Å². The molecule has 0 amide bonds. The van der Waals surface area contributed by atoms with Crippen LogP contribution in [-0.4, -0.2) is 6.43 Å². The van der Waals surface area contributed by atoms with Gasteiger partial charge in [0.2, 0.25) is 0 Å². The number of halogens is 5. The van der Waals surface area contributed by atoms with Crippen molar-refractivity contribution in [1.82, 2.24) is 0 Å². The molecule has 0 heterocycles. The van der Waals surface area contributed by atoms with Crippen LogP contribution in [0.4, 0.5) is 13.2 Å². The third-order valence-electron chi connectivity index (χ3n) is 1.55. The minimum Gasteiger partial charge on any atom is -0.215 e. The smallest absolute Gasteiger partial charge is 0.215 e. The van der Waals surface area contributed by atoms with E-state index in [2.05, 4.69) is 0 Å². The molecule has 0 bridgehead atoms. The van der Waals surface area contributed by atoms with Gasteiger partial charge in [0.25, 0.3) is 6.43 Å². The number of benzene rings is 1. The molecular weight excluding hydrogens is 236 g/mol. The maximum atomic E-state index is 12.3. The van der Waals surface area contributed by atoms with Gasteiger partial charge >= 0.3 is 0 Å². The third kappa shape index (κ3) is 2.66. The summed E-state index contributed by atoms with van der Waals surface area (Å²) in [4.78, 5) is 0. The first-order chi connectivity index (χ1) is 6.54. The summed E-state index contributed by atoms with van der Waals surface area (Å²) in [5, 5.41) is 0.375. The fourth-order valence-corrected chi connectivity index (χ4v) is 1.48. The predicted molar refractivity (Wildman–Crippen MR) is 51.6 cm³/mol. The monoisotopic (exact) mass is 240 g/mol. The van der Waals surface area contributed by atoms with E-state index in [1.165, 1.54) is 18.2 Å². The molecule has 0 radical (unpaired) electrons. The normalized spacial score (nSPS) is 12.3. The molecule has 0 aliphatic carbocycles. The molecule has 0 N–H and O–H groups in total. The van der Waals surface area contributed by atoms with E-state index in [0.29, 0.717) is 0 Å². The average Bonchev–Trinajstić information content (AvgIpc) is 2.02. The standard InChI is InChI=1S/C9H5Cl2F3/c10-6-1-5(2-7(11)3-6)8(4-12)9(13)14/h1-4,9H. The Morgan fingerprint density at radius 3 is 2.00 bits per heavy atom. The number of alkyl halides is 2. The van der Waals surface area contributed by atoms with Crippen LogP contribution in [0.15, 0.2) is 24.5 Å². The molecule has 0 saturated carbocycles. The Morgan fingerprint density at radius 2 is 1.64 bits per heavy atom. The maximum Gasteiger partial charge on any atom is 0.266 e. The van der Waals surface area contributed by atoms with Crippen molar-refractivity contribution in [1.29, 1.82) is 0 Å². The van der Waals surface area contributed by atoms with Crippen LogP contribution in [-0.2, 0) is 0 Å². The van der Waals surface area contributed by atoms with Crippen molar-refractivity contribution in [3.63, 3.8) is 0 Å². The van der Waals surface area contributed by atoms with Crippen LogP contribution in [0.2, 0.25) is 10.0 Å². The molecule has 0 aliphatic heterocycles. The molecule has 0 unspecified atom stereocenters. The molecule has 0 aromatic heterocycles. The Labute approximate surface area is 88.9 Å². The quantitative estimate of drug-likeness (QED) is 0.711. The zero-order chi connectivity index (χ0) is 10.7. The Morgan fingerprint density at radius 1 is 1.14 bits per heavy atom. The second-order valence-corrected chi connectivity index (χ2v) is 3.40. The molecule has 5 heteroatoms. The summed E-state index contributed by atoms with van der Waals surface area (Å²) in [5.41, 5.74) is -0.741. The molecule has 76 valence electrons. The topological polar surface area (TPSA) is 0 Å². The first-order valence-corrected chi connectivity index (χ1v) is 4.35. The van der Waals surface area contributed by atoms with Gasteiger partial charge in [-0.05, 0) is 23.8 Å². The van der Waals surface area contributed by atoms with Crippen molar-refractivity contribution in [2.75, 3.05) is 0 Å². The van der Waals surface area contributed by atoms with Crippen LogP contribution in [0.25, 0.3) is 5.57 Å². The van der Waals surface area contributed by atoms with Crippen molar-refractivity contribution in [2.24, 2.45) is 0 Å². The minimum atomic E-state index is -2.89. The molecule has 0 nitrogen and oxygen atoms in total. The van der Waals surface area contributed by atoms with Gasteiger partial charge in [0.15, 0.2) is 0 Å². The van der Waals surface area contributed by atoms with E-state index in [1.54, 1.807) is 0 Å². The first kappa shape index (κ1) is 11.4. The Balaban J connectivity index is 3.18. The van der Waals surface area contributed by atoms with Crippen LogP contribution in [0.1, 0.15) is 5.56 Å². The van der Waals surface area contributed by atoms with E-state index in [9.17, 15) is 13.2 Å². The number of hydrogen-bond donors (Lipinski definition) is 0. The third-order valence-corrected chi connectivity index (χ3v) is 1.98. The zero-order valence-corrected chi connectivity index (χ0v) is 8.29. The second-order valence-electron chi connectivity index (χ2n) is 2.52. The average molecular weight is 241 g/mol. The van der Waals surface area contributed by atoms with Gasteiger partial charge in [-0.3, -0.25) is 0 Å². The summed E-state index contributed by atoms with van der Waals surface area (Å²) in [6.07, 6.45) is -3.04. The number of rotatable bonds is 2. The highest BCUT2D eigenvalue weighted by atomic mass is 35.5. The predicted octanol–water partition coefficient (Wildman–Crippen LogP) is 4.57. The van der Waals surface area contributed by atoms with E-state index in [0.717, 1.165) is 0 Å². The Hall–Kier alpha value is -0.670. The summed E-state index contributed by atoms with van der Waals surface area (Å²) in [5.74, 6) is 0. The van der Waals surface area contributed by atoms with Gasteiger partial charge in [-0.25, -0.2) is 13.2 Å². The molecule has 0 aliphatic rings. The van der Waals surface area contributed by atoms with E-state index in [4.69, 9.17) is 23.2 Å². The van der Waals surface area contributed by atoms with Gasteiger partial charge in [0, 0.05) is 10.0 Å². The fourth-order valence-electron chi connectivity index (χ4n) is 0.957. The van der Waals surface area contributed by atoms with Gasteiger partial charge in [-0.1, -0.05) is 23.2 Å². The van der Waals surface area contributed by atoms with E-state index >= 15 is 0 Å². The van der Waals surface area contributed by atoms with Crippen molar-refractivity contribution in [2.45, 2.75) is 6.43 Å². The lowest BCUT2D eigenvalue weighted by Crippen LogP contribution is -1.95. The molecular formula is C9H5Cl2F3. The summed E-state index contributed by atoms with van der Waals surface area (Å²) >= 11 is 11.2. The van der Waals surface area contributed by atoms with Crippen LogP contribution >= 0.6 is 23.2 Å². The summed E-state index contributed by atoms with van der Waals surface area (Å²) in [7, 11) is 0. The molecule has 0 atom stereocenters. The fraction of sp³-hybridized carbons (Fsp3) is 0.111. The van der Waals surface area contributed by atoms with Crippen LogP contribution in [0.5, 0.6) is 0 Å². The largest absolute Gasteiger partial charge is 0.266 e. The van der Waals surface area contributed by atoms with Gasteiger partial charge in [0.1, 0.15) is 0 Å². The van der Waals surface area contributed by atoms with E-state index in [-0.39, 0.29) is 21.9 Å². The van der Waals surface area contributed by atoms with E-state index in [1.807, 2.05) is 0 Å². The number of hydrogen-bond acceptors (Lipinski definition) is 0. The summed E-state index contributed by atoms with van der Waals surface area (Å²) in [6, 6.07) is 3.84. The molecule has 14 heavy (non-hydrogen) atoms. The van der Waals surface area contributed by atoms with Crippen LogP contribution < -0.4 is 0 Å². The molecule has 0 saturated heterocycles. The minimum absolute atomic E-state index is 0.0139. The summed E-state index contributed by atoms with van der Waals surface area (Å²) < 4.78 is 36.6. The highest BCUT2D eigenvalue weighted by molar-refractivity contribution is 6.34. The van der Waals surface area contributed by atoms with Gasteiger partial charge < -0.3 is 0 Å². The first-order valence-electron chi connectivity index (χ1n) is 3.59. The highest BCUT2D eigenvalue weighted by Crippen LogP contribution is 2.27. The molecule has 1 aromatic rings. The van der Waals surface area contributed by atoms with E-state index < -0.39 is 12.0 Å². The van der Waals surface area contributed by atoms with Gasteiger partial charge in [-0.2, -0.15) is 0 Å². The molecule has 0 fully saturated rings. The Bertz CT molecular complexity index is 341. The lowest BCUT2D eigenvalue weighted by atomic mass is 10.1. The lowest BCUT2D eigenvalue weighted by Gasteiger charge is -2.05. The highest BCUT2D eigenvalue weighted by Gasteiger charge is 2.14. The van der Waals surface area contributed by atoms with Crippen LogP contribution in [0, 0.1) is 0 Å². The van der Waals surface area contributed by atoms with Crippen molar-refractivity contribution >= 4 is 28.8 Å². The molecule has 1 aromatic carbocycles. The second kappa shape index (κ2) is 4.71. The SMILES string of the molecule is FC=C(c1cc(Cl)cc(Cl)c1)C(F)F. The van der Waals surface area contributed by atoms with Gasteiger partial charge in [-0.15, -0.1) is 0 Å². The zero-order valence-electron chi connectivity index (χ0n) is 6.78. The summed E-state index contributed by atoms with van der Waals surface area (Å²) in [6.45, 7) is 0. The molecule has 1 rings (SSSR count). The van der Waals surface area contributed by atoms with Crippen LogP contribution in [0.3, 0.4) is 0 Å². The van der Waals surface area contributed by atoms with Crippen molar-refractivity contribution in [3.8, 4) is 0 Å². The lowest BCUT2D eigenvalue weighted by molar-refractivity contribution is 0.214.